The zero-order valence-electron chi connectivity index (χ0n) is 16.1. The highest BCUT2D eigenvalue weighted by Gasteiger charge is 2.30. The Morgan fingerprint density at radius 1 is 1.24 bits per heavy atom. The van der Waals surface area contributed by atoms with E-state index in [2.05, 4.69) is 5.32 Å². The minimum atomic E-state index is -3.46. The van der Waals surface area contributed by atoms with Gasteiger partial charge in [0, 0.05) is 30.2 Å². The molecule has 1 aromatic heterocycles. The Bertz CT molecular complexity index is 1100. The zero-order valence-corrected chi connectivity index (χ0v) is 17.8. The van der Waals surface area contributed by atoms with Crippen molar-refractivity contribution >= 4 is 44.0 Å². The van der Waals surface area contributed by atoms with Gasteiger partial charge in [-0.25, -0.2) is 13.2 Å². The van der Waals surface area contributed by atoms with Crippen molar-refractivity contribution in [2.45, 2.75) is 24.8 Å². The lowest BCUT2D eigenvalue weighted by Gasteiger charge is -2.25. The van der Waals surface area contributed by atoms with Crippen LogP contribution >= 0.6 is 11.3 Å². The number of nitrogens with one attached hydrogen (secondary N) is 1. The first-order chi connectivity index (χ1) is 13.6. The highest BCUT2D eigenvalue weighted by molar-refractivity contribution is 7.90. The van der Waals surface area contributed by atoms with Crippen LogP contribution in [0.1, 0.15) is 38.1 Å². The van der Waals surface area contributed by atoms with Crippen LogP contribution in [0.3, 0.4) is 0 Å². The number of thiophene rings is 1. The van der Waals surface area contributed by atoms with E-state index in [1.165, 1.54) is 49.6 Å². The number of nitrogens with zero attached hydrogens (tertiary/aromatic N) is 1. The molecule has 2 heterocycles. The topological polar surface area (TPSA) is 110 Å². The Morgan fingerprint density at radius 3 is 2.59 bits per heavy atom. The molecule has 3 rings (SSSR count). The highest BCUT2D eigenvalue weighted by Crippen LogP contribution is 2.38. The number of benzene rings is 1. The molecule has 29 heavy (non-hydrogen) atoms. The first kappa shape index (κ1) is 21.0. The average Bonchev–Trinajstić information content (AvgIpc) is 3.03. The SMILES string of the molecule is COC(=O)c1c(NC(=O)c2cccc(S(C)(=O)=O)c2)sc2c1CCN(C(C)=O)C2. The van der Waals surface area contributed by atoms with Gasteiger partial charge in [0.2, 0.25) is 5.91 Å². The smallest absolute Gasteiger partial charge is 0.341 e. The largest absolute Gasteiger partial charge is 0.465 e. The predicted molar refractivity (Wildman–Crippen MR) is 108 cm³/mol. The van der Waals surface area contributed by atoms with Gasteiger partial charge < -0.3 is 15.0 Å². The number of ether oxygens (including phenoxy) is 1. The van der Waals surface area contributed by atoms with Crippen molar-refractivity contribution in [3.63, 3.8) is 0 Å². The Labute approximate surface area is 172 Å². The summed E-state index contributed by atoms with van der Waals surface area (Å²) in [5, 5.41) is 3.02. The number of esters is 1. The van der Waals surface area contributed by atoms with Crippen LogP contribution in [-0.4, -0.2) is 51.0 Å². The molecule has 10 heteroatoms. The Balaban J connectivity index is 1.96. The van der Waals surface area contributed by atoms with Crippen molar-refractivity contribution in [2.24, 2.45) is 0 Å². The molecule has 0 fully saturated rings. The van der Waals surface area contributed by atoms with Crippen molar-refractivity contribution in [1.29, 1.82) is 0 Å². The first-order valence-corrected chi connectivity index (χ1v) is 11.4. The molecule has 0 unspecified atom stereocenters. The standard InChI is InChI=1S/C19H20N2O6S2/c1-11(22)21-8-7-14-15(10-21)28-18(16(14)19(24)27-2)20-17(23)12-5-4-6-13(9-12)29(3,25)26/h4-6,9H,7-8,10H2,1-3H3,(H,20,23). The number of anilines is 1. The van der Waals surface area contributed by atoms with Gasteiger partial charge in [0.25, 0.3) is 5.91 Å². The molecule has 2 aromatic rings. The molecule has 8 nitrogen and oxygen atoms in total. The maximum atomic E-state index is 12.7. The second-order valence-electron chi connectivity index (χ2n) is 6.64. The van der Waals surface area contributed by atoms with E-state index in [0.717, 1.165) is 16.7 Å². The summed E-state index contributed by atoms with van der Waals surface area (Å²) in [6, 6.07) is 5.67. The number of sulfone groups is 1. The molecule has 0 spiro atoms. The molecule has 1 aliphatic rings. The van der Waals surface area contributed by atoms with Gasteiger partial charge >= 0.3 is 5.97 Å². The minimum Gasteiger partial charge on any atom is -0.465 e. The fourth-order valence-electron chi connectivity index (χ4n) is 3.12. The molecule has 1 aliphatic heterocycles. The number of amides is 2. The summed E-state index contributed by atoms with van der Waals surface area (Å²) >= 11 is 1.21. The Kier molecular flexibility index (Phi) is 5.76. The molecular weight excluding hydrogens is 416 g/mol. The third-order valence-corrected chi connectivity index (χ3v) is 6.89. The van der Waals surface area contributed by atoms with E-state index in [-0.39, 0.29) is 21.9 Å². The van der Waals surface area contributed by atoms with E-state index < -0.39 is 21.7 Å². The number of fused-ring (bicyclic) bond motifs is 1. The Hall–Kier alpha value is -2.72. The third kappa shape index (κ3) is 4.33. The molecule has 0 radical (unpaired) electrons. The summed E-state index contributed by atoms with van der Waals surface area (Å²) in [5.74, 6) is -1.17. The lowest BCUT2D eigenvalue weighted by atomic mass is 10.0. The van der Waals surface area contributed by atoms with E-state index >= 15 is 0 Å². The first-order valence-electron chi connectivity index (χ1n) is 8.71. The van der Waals surface area contributed by atoms with Gasteiger partial charge in [0.15, 0.2) is 9.84 Å². The monoisotopic (exact) mass is 436 g/mol. The van der Waals surface area contributed by atoms with Gasteiger partial charge in [0.05, 0.1) is 24.1 Å². The summed E-state index contributed by atoms with van der Waals surface area (Å²) in [6.07, 6.45) is 1.54. The molecular formula is C19H20N2O6S2. The van der Waals surface area contributed by atoms with Crippen LogP contribution < -0.4 is 5.32 Å². The minimum absolute atomic E-state index is 0.0286. The molecule has 0 saturated heterocycles. The van der Waals surface area contributed by atoms with E-state index in [1.807, 2.05) is 0 Å². The van der Waals surface area contributed by atoms with Crippen molar-refractivity contribution < 1.29 is 27.5 Å². The quantitative estimate of drug-likeness (QED) is 0.735. The van der Waals surface area contributed by atoms with Gasteiger partial charge in [0.1, 0.15) is 5.00 Å². The summed E-state index contributed by atoms with van der Waals surface area (Å²) < 4.78 is 28.4. The number of hydrogen-bond donors (Lipinski definition) is 1. The fraction of sp³-hybridized carbons (Fsp3) is 0.316. The molecule has 0 atom stereocenters. The van der Waals surface area contributed by atoms with Crippen molar-refractivity contribution in [3.05, 3.63) is 45.8 Å². The van der Waals surface area contributed by atoms with Gasteiger partial charge in [-0.1, -0.05) is 6.07 Å². The molecule has 1 aromatic carbocycles. The van der Waals surface area contributed by atoms with Crippen molar-refractivity contribution in [1.82, 2.24) is 4.90 Å². The number of carbonyl (C=O) groups is 3. The van der Waals surface area contributed by atoms with Crippen molar-refractivity contribution in [3.8, 4) is 0 Å². The van der Waals surface area contributed by atoms with Crippen LogP contribution in [0.4, 0.5) is 5.00 Å². The summed E-state index contributed by atoms with van der Waals surface area (Å²) in [5.41, 5.74) is 1.20. The second kappa shape index (κ2) is 7.96. The predicted octanol–water partition coefficient (Wildman–Crippen LogP) is 2.10. The van der Waals surface area contributed by atoms with Crippen LogP contribution in [0.25, 0.3) is 0 Å². The highest BCUT2D eigenvalue weighted by atomic mass is 32.2. The van der Waals surface area contributed by atoms with Crippen LogP contribution in [0.15, 0.2) is 29.2 Å². The number of rotatable bonds is 4. The van der Waals surface area contributed by atoms with Crippen molar-refractivity contribution in [2.75, 3.05) is 25.2 Å². The molecule has 154 valence electrons. The Morgan fingerprint density at radius 2 is 1.97 bits per heavy atom. The van der Waals surface area contributed by atoms with Gasteiger partial charge in [-0.2, -0.15) is 0 Å². The summed E-state index contributed by atoms with van der Waals surface area (Å²) in [7, 11) is -2.20. The average molecular weight is 437 g/mol. The van der Waals surface area contributed by atoms with Gasteiger partial charge in [-0.05, 0) is 30.2 Å². The van der Waals surface area contributed by atoms with E-state index in [4.69, 9.17) is 4.74 Å². The summed E-state index contributed by atoms with van der Waals surface area (Å²) in [4.78, 5) is 39.3. The third-order valence-electron chi connectivity index (χ3n) is 4.64. The molecule has 1 N–H and O–H groups in total. The lowest BCUT2D eigenvalue weighted by molar-refractivity contribution is -0.129. The fourth-order valence-corrected chi connectivity index (χ4v) is 5.03. The molecule has 0 bridgehead atoms. The maximum Gasteiger partial charge on any atom is 0.341 e. The van der Waals surface area contributed by atoms with Crippen LogP contribution in [0.2, 0.25) is 0 Å². The van der Waals surface area contributed by atoms with Crippen LogP contribution in [-0.2, 0) is 32.3 Å². The van der Waals surface area contributed by atoms with E-state index in [9.17, 15) is 22.8 Å². The second-order valence-corrected chi connectivity index (χ2v) is 9.77. The molecule has 0 aliphatic carbocycles. The maximum absolute atomic E-state index is 12.7. The zero-order chi connectivity index (χ0) is 21.3. The lowest BCUT2D eigenvalue weighted by Crippen LogP contribution is -2.33. The number of methoxy groups -OCH3 is 1. The summed E-state index contributed by atoms with van der Waals surface area (Å²) in [6.45, 7) is 2.32. The molecule has 0 saturated carbocycles. The van der Waals surface area contributed by atoms with Crippen LogP contribution in [0, 0.1) is 0 Å². The van der Waals surface area contributed by atoms with E-state index in [1.54, 1.807) is 4.90 Å². The number of carbonyl (C=O) groups excluding carboxylic acids is 3. The normalized spacial score (nSPS) is 13.6. The van der Waals surface area contributed by atoms with Crippen LogP contribution in [0.5, 0.6) is 0 Å². The van der Waals surface area contributed by atoms with E-state index in [0.29, 0.717) is 24.5 Å². The number of hydrogen-bond acceptors (Lipinski definition) is 7. The van der Waals surface area contributed by atoms with Gasteiger partial charge in [-0.15, -0.1) is 11.3 Å². The van der Waals surface area contributed by atoms with Gasteiger partial charge in [-0.3, -0.25) is 9.59 Å². The molecule has 2 amide bonds.